The first kappa shape index (κ1) is 45.7. The maximum absolute atomic E-state index is 2.70. The van der Waals surface area contributed by atoms with Crippen LogP contribution in [0.2, 0.25) is 0 Å². The van der Waals surface area contributed by atoms with Gasteiger partial charge in [-0.3, -0.25) is 0 Å². The highest BCUT2D eigenvalue weighted by molar-refractivity contribution is 7.33. The summed E-state index contributed by atoms with van der Waals surface area (Å²) < 4.78 is 2.77. The molecule has 0 N–H and O–H groups in total. The first-order chi connectivity index (χ1) is 31.1. The monoisotopic (exact) mass is 901 g/mol. The number of benzene rings is 6. The summed E-state index contributed by atoms with van der Waals surface area (Å²) in [6, 6.07) is 44.0. The van der Waals surface area contributed by atoms with Gasteiger partial charge >= 0.3 is 0 Å². The second kappa shape index (κ2) is 15.0. The standard InChI is InChI=1S/C63H73BN2S/c1-38-32-52-55-53(33-38)66(51-37-48-47(62(14,15)30-31-63(48,16)17)36-45(51)39-18-20-40(21-19-39)58(2,3)4)50-28-24-43(61(11,12)13)35-49(50)64(55)57-56(46-34-42(60(8,9)10)25-29-54(46)67-57)65(52)44-26-22-41(23-27-44)59(5,6)7/h18-29,32-37H,30-31H2,1-17H3. The number of hydrogen-bond acceptors (Lipinski definition) is 3. The van der Waals surface area contributed by atoms with E-state index in [-0.39, 0.29) is 39.2 Å². The normalized spacial score (nSPS) is 16.5. The van der Waals surface area contributed by atoms with Crippen molar-refractivity contribution in [1.29, 1.82) is 0 Å². The van der Waals surface area contributed by atoms with E-state index in [0.29, 0.717) is 0 Å². The average Bonchev–Trinajstić information content (AvgIpc) is 3.62. The molecule has 0 unspecified atom stereocenters. The van der Waals surface area contributed by atoms with E-state index in [1.54, 1.807) is 0 Å². The van der Waals surface area contributed by atoms with Crippen LogP contribution in [0.5, 0.6) is 0 Å². The van der Waals surface area contributed by atoms with Crippen molar-refractivity contribution >= 4 is 78.0 Å². The van der Waals surface area contributed by atoms with Gasteiger partial charge in [-0.05, 0) is 162 Å². The summed E-state index contributed by atoms with van der Waals surface area (Å²) in [5.41, 5.74) is 22.9. The number of anilines is 6. The van der Waals surface area contributed by atoms with Crippen LogP contribution in [-0.4, -0.2) is 6.71 Å². The maximum Gasteiger partial charge on any atom is 0.264 e. The van der Waals surface area contributed by atoms with E-state index in [1.165, 1.54) is 116 Å². The van der Waals surface area contributed by atoms with E-state index < -0.39 is 0 Å². The van der Waals surface area contributed by atoms with Crippen LogP contribution in [-0.2, 0) is 32.5 Å². The van der Waals surface area contributed by atoms with Crippen LogP contribution in [0.15, 0.2) is 109 Å². The largest absolute Gasteiger partial charge is 0.311 e. The Kier molecular flexibility index (Phi) is 10.2. The van der Waals surface area contributed by atoms with Crippen LogP contribution in [0, 0.1) is 6.92 Å². The Morgan fingerprint density at radius 1 is 0.493 bits per heavy atom. The predicted octanol–water partition coefficient (Wildman–Crippen LogP) is 16.5. The van der Waals surface area contributed by atoms with Gasteiger partial charge < -0.3 is 9.80 Å². The van der Waals surface area contributed by atoms with Crippen LogP contribution in [0.3, 0.4) is 0 Å². The molecule has 0 fully saturated rings. The SMILES string of the molecule is Cc1cc2c3c(c1)N(c1ccc(C(C)(C)C)cc1)c1c(sc4ccc(C(C)(C)C)cc14)B3c1cc(C(C)(C)C)ccc1N2c1cc2c(cc1-c1ccc(C(C)(C)C)cc1)C(C)(C)CCC2(C)C. The second-order valence-electron chi connectivity index (χ2n) is 25.9. The average molecular weight is 901 g/mol. The molecule has 0 spiro atoms. The third-order valence-electron chi connectivity index (χ3n) is 15.8. The Morgan fingerprint density at radius 3 is 1.55 bits per heavy atom. The van der Waals surface area contributed by atoms with Crippen LogP contribution >= 0.6 is 11.3 Å². The maximum atomic E-state index is 2.70. The molecule has 4 heteroatoms. The molecule has 6 aromatic carbocycles. The minimum atomic E-state index is -0.0300. The molecule has 344 valence electrons. The van der Waals surface area contributed by atoms with E-state index in [4.69, 9.17) is 0 Å². The van der Waals surface area contributed by atoms with Crippen LogP contribution in [0.4, 0.5) is 34.1 Å². The summed E-state index contributed by atoms with van der Waals surface area (Å²) in [6.07, 6.45) is 2.33. The lowest BCUT2D eigenvalue weighted by Gasteiger charge is -2.46. The van der Waals surface area contributed by atoms with Gasteiger partial charge in [-0.25, -0.2) is 0 Å². The molecule has 3 aliphatic rings. The fraction of sp³-hybridized carbons (Fsp3) is 0.397. The van der Waals surface area contributed by atoms with Gasteiger partial charge in [-0.1, -0.05) is 165 Å². The lowest BCUT2D eigenvalue weighted by atomic mass is 9.36. The summed E-state index contributed by atoms with van der Waals surface area (Å²) in [6.45, 7) is 40.3. The topological polar surface area (TPSA) is 6.48 Å². The van der Waals surface area contributed by atoms with Crippen LogP contribution in [0.1, 0.15) is 163 Å². The Morgan fingerprint density at radius 2 is 0.985 bits per heavy atom. The first-order valence-electron chi connectivity index (χ1n) is 25.0. The van der Waals surface area contributed by atoms with Crippen molar-refractivity contribution in [3.8, 4) is 11.1 Å². The van der Waals surface area contributed by atoms with Gasteiger partial charge in [0.05, 0.1) is 11.4 Å². The van der Waals surface area contributed by atoms with Crippen molar-refractivity contribution in [2.75, 3.05) is 9.80 Å². The van der Waals surface area contributed by atoms with Gasteiger partial charge in [-0.15, -0.1) is 11.3 Å². The molecular formula is C63H73BN2S. The highest BCUT2D eigenvalue weighted by Gasteiger charge is 2.47. The summed E-state index contributed by atoms with van der Waals surface area (Å²) in [4.78, 5) is 5.35. The zero-order chi connectivity index (χ0) is 48.1. The summed E-state index contributed by atoms with van der Waals surface area (Å²) in [7, 11) is 0. The van der Waals surface area contributed by atoms with Crippen molar-refractivity contribution < 1.29 is 0 Å². The summed E-state index contributed by atoms with van der Waals surface area (Å²) >= 11 is 2.00. The fourth-order valence-corrected chi connectivity index (χ4v) is 12.7. The Labute approximate surface area is 407 Å². The van der Waals surface area contributed by atoms with E-state index in [9.17, 15) is 0 Å². The number of hydrogen-bond donors (Lipinski definition) is 0. The van der Waals surface area contributed by atoms with Gasteiger partial charge in [-0.2, -0.15) is 0 Å². The molecule has 1 aliphatic carbocycles. The number of thiophene rings is 1. The third kappa shape index (κ3) is 7.51. The molecular weight excluding hydrogens is 828 g/mol. The van der Waals surface area contributed by atoms with Crippen LogP contribution in [0.25, 0.3) is 21.2 Å². The molecule has 0 atom stereocenters. The molecule has 0 bridgehead atoms. The van der Waals surface area contributed by atoms with Crippen molar-refractivity contribution in [3.05, 3.63) is 148 Å². The van der Waals surface area contributed by atoms with Gasteiger partial charge in [0, 0.05) is 43.2 Å². The Hall–Kier alpha value is -5.06. The molecule has 7 aromatic rings. The Bertz CT molecular complexity index is 3110. The lowest BCUT2D eigenvalue weighted by Crippen LogP contribution is -2.60. The van der Waals surface area contributed by atoms with Gasteiger partial charge in [0.1, 0.15) is 0 Å². The number of fused-ring (bicyclic) bond motifs is 7. The number of rotatable bonds is 3. The van der Waals surface area contributed by atoms with E-state index in [0.717, 1.165) is 6.42 Å². The molecule has 2 nitrogen and oxygen atoms in total. The second-order valence-corrected chi connectivity index (χ2v) is 27.0. The smallest absolute Gasteiger partial charge is 0.264 e. The minimum Gasteiger partial charge on any atom is -0.311 e. The quantitative estimate of drug-likeness (QED) is 0.163. The van der Waals surface area contributed by atoms with Crippen molar-refractivity contribution in [1.82, 2.24) is 0 Å². The lowest BCUT2D eigenvalue weighted by molar-refractivity contribution is 0.332. The summed E-state index contributed by atoms with van der Waals surface area (Å²) in [5.74, 6) is 0. The fourth-order valence-electron chi connectivity index (χ4n) is 11.4. The molecule has 2 aliphatic heterocycles. The molecule has 0 radical (unpaired) electrons. The molecule has 0 saturated heterocycles. The number of nitrogens with zero attached hydrogens (tertiary/aromatic N) is 2. The van der Waals surface area contributed by atoms with E-state index in [1.807, 2.05) is 11.3 Å². The molecule has 0 amide bonds. The van der Waals surface area contributed by atoms with E-state index >= 15 is 0 Å². The van der Waals surface area contributed by atoms with Gasteiger partial charge in [0.15, 0.2) is 0 Å². The Balaban J connectivity index is 1.33. The minimum absolute atomic E-state index is 0.0154. The molecule has 67 heavy (non-hydrogen) atoms. The van der Waals surface area contributed by atoms with Crippen molar-refractivity contribution in [2.24, 2.45) is 0 Å². The van der Waals surface area contributed by atoms with E-state index in [2.05, 4.69) is 237 Å². The van der Waals surface area contributed by atoms with Crippen LogP contribution < -0.4 is 25.5 Å². The van der Waals surface area contributed by atoms with Crippen molar-refractivity contribution in [3.63, 3.8) is 0 Å². The zero-order valence-corrected chi connectivity index (χ0v) is 44.5. The molecule has 3 heterocycles. The molecule has 1 aromatic heterocycles. The first-order valence-corrected chi connectivity index (χ1v) is 25.8. The number of aryl methyl sites for hydroxylation is 1. The van der Waals surface area contributed by atoms with Crippen molar-refractivity contribution in [2.45, 2.75) is 163 Å². The highest BCUT2D eigenvalue weighted by Crippen LogP contribution is 2.54. The zero-order valence-electron chi connectivity index (χ0n) is 43.7. The predicted molar refractivity (Wildman–Crippen MR) is 296 cm³/mol. The third-order valence-corrected chi connectivity index (χ3v) is 17.0. The van der Waals surface area contributed by atoms with Gasteiger partial charge in [0.2, 0.25) is 0 Å². The highest BCUT2D eigenvalue weighted by atomic mass is 32.1. The van der Waals surface area contributed by atoms with Gasteiger partial charge in [0.25, 0.3) is 6.71 Å². The molecule has 10 rings (SSSR count). The molecule has 0 saturated carbocycles. The summed E-state index contributed by atoms with van der Waals surface area (Å²) in [5, 5.41) is 1.34.